The molecule has 1 aliphatic rings. The van der Waals surface area contributed by atoms with Crippen LogP contribution in [0.25, 0.3) is 32.4 Å². The zero-order chi connectivity index (χ0) is 21.2. The standard InChI is InChI=1S/C18H16.C10H7NO2/c1-3-7-15-13(5-1)9-11-18-16-8-4-2-6-14(16)10-12-17(15)18;12-10(13)8-3-1-5-9-7(8)4-2-6-11-9/h1,3,5,7,9-12H,2,4,6,8H2;1-6H,(H,12,13). The summed E-state index contributed by atoms with van der Waals surface area (Å²) in [5.41, 5.74) is 4.18. The third kappa shape index (κ3) is 3.64. The molecule has 4 aromatic carbocycles. The summed E-state index contributed by atoms with van der Waals surface area (Å²) in [5.74, 6) is -0.918. The summed E-state index contributed by atoms with van der Waals surface area (Å²) in [6, 6.07) is 26.5. The van der Waals surface area contributed by atoms with Crippen LogP contribution in [0, 0.1) is 0 Å². The molecule has 0 bridgehead atoms. The van der Waals surface area contributed by atoms with Gasteiger partial charge in [-0.3, -0.25) is 4.98 Å². The second-order valence-electron chi connectivity index (χ2n) is 7.97. The van der Waals surface area contributed by atoms with E-state index in [2.05, 4.69) is 53.5 Å². The SMILES string of the molecule is O=C(O)c1cccc2ncccc12.c1ccc2c(c1)ccc1c3c(ccc12)CCCC3. The number of aromatic nitrogens is 1. The van der Waals surface area contributed by atoms with Gasteiger partial charge in [0.25, 0.3) is 0 Å². The van der Waals surface area contributed by atoms with Gasteiger partial charge in [-0.2, -0.15) is 0 Å². The van der Waals surface area contributed by atoms with Gasteiger partial charge < -0.3 is 5.11 Å². The van der Waals surface area contributed by atoms with E-state index in [0.717, 1.165) is 0 Å². The predicted molar refractivity (Wildman–Crippen MR) is 127 cm³/mol. The Balaban J connectivity index is 0.000000140. The molecule has 152 valence electrons. The van der Waals surface area contributed by atoms with Gasteiger partial charge in [-0.15, -0.1) is 0 Å². The second kappa shape index (κ2) is 8.19. The Hall–Kier alpha value is -3.72. The number of carboxylic acid groups (broad SMARTS) is 1. The molecule has 3 heteroatoms. The van der Waals surface area contributed by atoms with E-state index < -0.39 is 5.97 Å². The first-order valence-electron chi connectivity index (χ1n) is 10.7. The highest BCUT2D eigenvalue weighted by atomic mass is 16.4. The lowest BCUT2D eigenvalue weighted by atomic mass is 9.86. The summed E-state index contributed by atoms with van der Waals surface area (Å²) in [5, 5.41) is 15.2. The van der Waals surface area contributed by atoms with Crippen molar-refractivity contribution in [1.29, 1.82) is 0 Å². The summed E-state index contributed by atoms with van der Waals surface area (Å²) < 4.78 is 0. The van der Waals surface area contributed by atoms with Crippen molar-refractivity contribution in [3.63, 3.8) is 0 Å². The van der Waals surface area contributed by atoms with Crippen molar-refractivity contribution in [2.45, 2.75) is 25.7 Å². The van der Waals surface area contributed by atoms with E-state index in [1.165, 1.54) is 47.2 Å². The molecule has 31 heavy (non-hydrogen) atoms. The Morgan fingerprint density at radius 3 is 2.42 bits per heavy atom. The number of fused-ring (bicyclic) bond motifs is 6. The molecule has 0 radical (unpaired) electrons. The quantitative estimate of drug-likeness (QED) is 0.312. The Morgan fingerprint density at radius 1 is 0.710 bits per heavy atom. The highest BCUT2D eigenvalue weighted by molar-refractivity contribution is 6.08. The minimum atomic E-state index is -0.918. The van der Waals surface area contributed by atoms with Gasteiger partial charge >= 0.3 is 5.97 Å². The van der Waals surface area contributed by atoms with E-state index in [-0.39, 0.29) is 0 Å². The maximum atomic E-state index is 10.8. The third-order valence-electron chi connectivity index (χ3n) is 6.13. The van der Waals surface area contributed by atoms with Crippen LogP contribution in [0.4, 0.5) is 0 Å². The van der Waals surface area contributed by atoms with Gasteiger partial charge in [0.2, 0.25) is 0 Å². The molecule has 1 aliphatic carbocycles. The number of rotatable bonds is 1. The largest absolute Gasteiger partial charge is 0.478 e. The lowest BCUT2D eigenvalue weighted by Gasteiger charge is -2.18. The lowest BCUT2D eigenvalue weighted by Crippen LogP contribution is -2.02. The van der Waals surface area contributed by atoms with E-state index in [9.17, 15) is 4.79 Å². The van der Waals surface area contributed by atoms with Crippen LogP contribution >= 0.6 is 0 Å². The number of hydrogen-bond donors (Lipinski definition) is 1. The van der Waals surface area contributed by atoms with Crippen LogP contribution in [0.5, 0.6) is 0 Å². The van der Waals surface area contributed by atoms with E-state index >= 15 is 0 Å². The second-order valence-corrected chi connectivity index (χ2v) is 7.97. The topological polar surface area (TPSA) is 50.2 Å². The molecule has 6 rings (SSSR count). The van der Waals surface area contributed by atoms with Gasteiger partial charge in [-0.1, -0.05) is 60.7 Å². The molecule has 0 spiro atoms. The number of carboxylic acids is 1. The van der Waals surface area contributed by atoms with Gasteiger partial charge in [0, 0.05) is 11.6 Å². The smallest absolute Gasteiger partial charge is 0.336 e. The van der Waals surface area contributed by atoms with E-state index in [1.807, 2.05) is 0 Å². The van der Waals surface area contributed by atoms with Crippen molar-refractivity contribution >= 4 is 38.4 Å². The van der Waals surface area contributed by atoms with Crippen LogP contribution in [-0.4, -0.2) is 16.1 Å². The Labute approximate surface area is 181 Å². The van der Waals surface area contributed by atoms with Gasteiger partial charge in [0.1, 0.15) is 0 Å². The van der Waals surface area contributed by atoms with E-state index in [1.54, 1.807) is 47.7 Å². The van der Waals surface area contributed by atoms with Crippen LogP contribution in [0.3, 0.4) is 0 Å². The van der Waals surface area contributed by atoms with Crippen molar-refractivity contribution in [2.75, 3.05) is 0 Å². The molecule has 1 N–H and O–H groups in total. The first-order chi connectivity index (χ1) is 15.2. The van der Waals surface area contributed by atoms with Crippen molar-refractivity contribution < 1.29 is 9.90 Å². The fourth-order valence-electron chi connectivity index (χ4n) is 4.63. The Bertz CT molecular complexity index is 1420. The molecule has 0 aliphatic heterocycles. The van der Waals surface area contributed by atoms with E-state index in [4.69, 9.17) is 5.11 Å². The summed E-state index contributed by atoms with van der Waals surface area (Å²) in [6.07, 6.45) is 6.86. The summed E-state index contributed by atoms with van der Waals surface area (Å²) in [4.78, 5) is 14.8. The number of hydrogen-bond acceptors (Lipinski definition) is 2. The highest BCUT2D eigenvalue weighted by Gasteiger charge is 2.13. The fourth-order valence-corrected chi connectivity index (χ4v) is 4.63. The first kappa shape index (κ1) is 19.3. The molecule has 0 saturated heterocycles. The molecule has 0 fully saturated rings. The molecule has 0 amide bonds. The summed E-state index contributed by atoms with van der Waals surface area (Å²) in [7, 11) is 0. The summed E-state index contributed by atoms with van der Waals surface area (Å²) in [6.45, 7) is 0. The molecule has 1 heterocycles. The molecule has 3 nitrogen and oxygen atoms in total. The predicted octanol–water partition coefficient (Wildman–Crippen LogP) is 6.80. The zero-order valence-electron chi connectivity index (χ0n) is 17.2. The monoisotopic (exact) mass is 405 g/mol. The minimum Gasteiger partial charge on any atom is -0.478 e. The average molecular weight is 405 g/mol. The third-order valence-corrected chi connectivity index (χ3v) is 6.13. The van der Waals surface area contributed by atoms with Crippen LogP contribution in [0.15, 0.2) is 85.1 Å². The van der Waals surface area contributed by atoms with Crippen LogP contribution < -0.4 is 0 Å². The van der Waals surface area contributed by atoms with Gasteiger partial charge in [0.05, 0.1) is 11.1 Å². The van der Waals surface area contributed by atoms with Gasteiger partial charge in [-0.25, -0.2) is 4.79 Å². The van der Waals surface area contributed by atoms with Crippen molar-refractivity contribution in [3.8, 4) is 0 Å². The highest BCUT2D eigenvalue weighted by Crippen LogP contribution is 2.33. The van der Waals surface area contributed by atoms with E-state index in [0.29, 0.717) is 16.5 Å². The Kier molecular flexibility index (Phi) is 5.09. The molecule has 0 saturated carbocycles. The van der Waals surface area contributed by atoms with Crippen molar-refractivity contribution in [2.24, 2.45) is 0 Å². The number of pyridine rings is 1. The van der Waals surface area contributed by atoms with Crippen LogP contribution in [0.1, 0.15) is 34.3 Å². The first-order valence-corrected chi connectivity index (χ1v) is 10.7. The maximum Gasteiger partial charge on any atom is 0.336 e. The van der Waals surface area contributed by atoms with Gasteiger partial charge in [0.15, 0.2) is 0 Å². The van der Waals surface area contributed by atoms with Crippen LogP contribution in [-0.2, 0) is 12.8 Å². The van der Waals surface area contributed by atoms with Crippen molar-refractivity contribution in [1.82, 2.24) is 4.98 Å². The Morgan fingerprint density at radius 2 is 1.52 bits per heavy atom. The van der Waals surface area contributed by atoms with Crippen molar-refractivity contribution in [3.05, 3.63) is 102 Å². The molecule has 1 aromatic heterocycles. The molecular weight excluding hydrogens is 382 g/mol. The van der Waals surface area contributed by atoms with Crippen LogP contribution in [0.2, 0.25) is 0 Å². The molecule has 0 atom stereocenters. The zero-order valence-corrected chi connectivity index (χ0v) is 17.2. The number of nitrogens with zero attached hydrogens (tertiary/aromatic N) is 1. The van der Waals surface area contributed by atoms with Gasteiger partial charge in [-0.05, 0) is 76.6 Å². The number of carbonyl (C=O) groups is 1. The number of benzene rings is 4. The fraction of sp³-hybridized carbons (Fsp3) is 0.143. The summed E-state index contributed by atoms with van der Waals surface area (Å²) >= 11 is 0. The number of aryl methyl sites for hydroxylation is 2. The molecule has 0 unspecified atom stereocenters. The molecule has 5 aromatic rings. The molecular formula is C28H23NO2. The average Bonchev–Trinajstić information content (AvgIpc) is 2.83. The maximum absolute atomic E-state index is 10.8. The normalized spacial score (nSPS) is 12.9. The minimum absolute atomic E-state index is 0.297. The number of aromatic carboxylic acids is 1. The lowest BCUT2D eigenvalue weighted by molar-refractivity contribution is 0.0699.